The van der Waals surface area contributed by atoms with Gasteiger partial charge in [0.2, 0.25) is 5.91 Å². The number of hydrogen-bond acceptors (Lipinski definition) is 5. The lowest BCUT2D eigenvalue weighted by atomic mass is 10.1. The molecule has 0 atom stereocenters. The van der Waals surface area contributed by atoms with Crippen molar-refractivity contribution in [2.75, 3.05) is 53.0 Å². The predicted molar refractivity (Wildman–Crippen MR) is 119 cm³/mol. The molecule has 0 bridgehead atoms. The summed E-state index contributed by atoms with van der Waals surface area (Å²) >= 11 is 0. The van der Waals surface area contributed by atoms with Crippen molar-refractivity contribution in [1.29, 1.82) is 0 Å². The van der Waals surface area contributed by atoms with E-state index in [0.717, 1.165) is 63.7 Å². The second kappa shape index (κ2) is 11.6. The van der Waals surface area contributed by atoms with Crippen LogP contribution >= 0.6 is 0 Å². The van der Waals surface area contributed by atoms with Crippen molar-refractivity contribution in [2.45, 2.75) is 19.9 Å². The van der Waals surface area contributed by atoms with Crippen molar-refractivity contribution in [3.8, 4) is 11.5 Å². The molecule has 162 valence electrons. The van der Waals surface area contributed by atoms with E-state index in [4.69, 9.17) is 9.47 Å². The van der Waals surface area contributed by atoms with Crippen LogP contribution in [0.1, 0.15) is 18.1 Å². The fourth-order valence-corrected chi connectivity index (χ4v) is 3.62. The second-order valence-corrected chi connectivity index (χ2v) is 7.62. The molecule has 0 unspecified atom stereocenters. The van der Waals surface area contributed by atoms with E-state index in [9.17, 15) is 4.79 Å². The van der Waals surface area contributed by atoms with E-state index in [0.29, 0.717) is 6.61 Å². The third-order valence-corrected chi connectivity index (χ3v) is 5.45. The molecule has 0 aromatic heterocycles. The van der Waals surface area contributed by atoms with Crippen LogP contribution in [0.2, 0.25) is 0 Å². The molecule has 0 aliphatic carbocycles. The number of nitrogens with zero attached hydrogens (tertiary/aromatic N) is 2. The minimum absolute atomic E-state index is 0.166. The highest BCUT2D eigenvalue weighted by Gasteiger charge is 2.18. The Kier molecular flexibility index (Phi) is 8.53. The number of benzene rings is 2. The van der Waals surface area contributed by atoms with Gasteiger partial charge in [0.1, 0.15) is 18.1 Å². The number of piperazine rings is 1. The summed E-state index contributed by atoms with van der Waals surface area (Å²) in [6.07, 6.45) is 0.963. The number of nitrogens with one attached hydrogen (secondary N) is 1. The van der Waals surface area contributed by atoms with Crippen LogP contribution < -0.4 is 14.8 Å². The topological polar surface area (TPSA) is 54.0 Å². The van der Waals surface area contributed by atoms with Crippen LogP contribution in [0.4, 0.5) is 0 Å². The number of ether oxygens (including phenoxy) is 2. The van der Waals surface area contributed by atoms with Gasteiger partial charge in [-0.1, -0.05) is 24.3 Å². The highest BCUT2D eigenvalue weighted by Crippen LogP contribution is 2.14. The van der Waals surface area contributed by atoms with Gasteiger partial charge in [-0.25, -0.2) is 0 Å². The van der Waals surface area contributed by atoms with Crippen LogP contribution in [-0.2, 0) is 17.8 Å². The Balaban J connectivity index is 1.35. The lowest BCUT2D eigenvalue weighted by Gasteiger charge is -2.34. The minimum Gasteiger partial charge on any atom is -0.497 e. The van der Waals surface area contributed by atoms with Gasteiger partial charge in [-0.3, -0.25) is 9.69 Å². The molecule has 1 aliphatic rings. The van der Waals surface area contributed by atoms with Gasteiger partial charge in [-0.2, -0.15) is 0 Å². The first-order chi connectivity index (χ1) is 14.6. The Morgan fingerprint density at radius 3 is 2.43 bits per heavy atom. The lowest BCUT2D eigenvalue weighted by Crippen LogP contribution is -2.48. The van der Waals surface area contributed by atoms with E-state index in [-0.39, 0.29) is 5.91 Å². The second-order valence-electron chi connectivity index (χ2n) is 7.62. The Hall–Kier alpha value is -2.57. The summed E-state index contributed by atoms with van der Waals surface area (Å²) in [5.41, 5.74) is 2.48. The van der Waals surface area contributed by atoms with E-state index in [1.54, 1.807) is 14.0 Å². The molecule has 1 fully saturated rings. The monoisotopic (exact) mass is 411 g/mol. The van der Waals surface area contributed by atoms with Crippen LogP contribution in [0, 0.1) is 0 Å². The molecule has 6 heteroatoms. The maximum Gasteiger partial charge on any atom is 0.219 e. The molecule has 1 aliphatic heterocycles. The van der Waals surface area contributed by atoms with E-state index in [2.05, 4.69) is 34.5 Å². The molecule has 1 amide bonds. The van der Waals surface area contributed by atoms with E-state index >= 15 is 0 Å². The Morgan fingerprint density at radius 1 is 1.00 bits per heavy atom. The molecule has 1 heterocycles. The molecule has 0 radical (unpaired) electrons. The summed E-state index contributed by atoms with van der Waals surface area (Å²) in [5.74, 6) is 1.97. The zero-order chi connectivity index (χ0) is 21.2. The summed E-state index contributed by atoms with van der Waals surface area (Å²) in [5, 5.41) is 3.50. The SMILES string of the molecule is COc1cccc(CCNCc2cccc(OCCN3CCN(C(C)=O)CC3)c2)c1. The molecular weight excluding hydrogens is 378 g/mol. The molecule has 2 aromatic carbocycles. The number of rotatable bonds is 10. The van der Waals surface area contributed by atoms with Crippen LogP contribution in [0.15, 0.2) is 48.5 Å². The Morgan fingerprint density at radius 2 is 1.70 bits per heavy atom. The number of amides is 1. The highest BCUT2D eigenvalue weighted by molar-refractivity contribution is 5.73. The van der Waals surface area contributed by atoms with Crippen LogP contribution in [0.5, 0.6) is 11.5 Å². The van der Waals surface area contributed by atoms with Crippen molar-refractivity contribution in [1.82, 2.24) is 15.1 Å². The van der Waals surface area contributed by atoms with Crippen molar-refractivity contribution >= 4 is 5.91 Å². The summed E-state index contributed by atoms with van der Waals surface area (Å²) in [4.78, 5) is 15.7. The standard InChI is InChI=1S/C24H33N3O3/c1-20(28)27-13-11-26(12-14-27)15-16-30-24-8-4-6-22(18-24)19-25-10-9-21-5-3-7-23(17-21)29-2/h3-8,17-18,25H,9-16,19H2,1-2H3. The fraction of sp³-hybridized carbons (Fsp3) is 0.458. The van der Waals surface area contributed by atoms with E-state index in [1.165, 1.54) is 11.1 Å². The van der Waals surface area contributed by atoms with Gasteiger partial charge in [-0.05, 0) is 48.4 Å². The Bertz CT molecular complexity index is 804. The quantitative estimate of drug-likeness (QED) is 0.609. The average molecular weight is 412 g/mol. The number of carbonyl (C=O) groups is 1. The average Bonchev–Trinajstić information content (AvgIpc) is 2.77. The summed E-state index contributed by atoms with van der Waals surface area (Å²) < 4.78 is 11.2. The minimum atomic E-state index is 0.166. The third-order valence-electron chi connectivity index (χ3n) is 5.45. The van der Waals surface area contributed by atoms with Crippen molar-refractivity contribution in [3.63, 3.8) is 0 Å². The van der Waals surface area contributed by atoms with Gasteiger partial charge in [0.15, 0.2) is 0 Å². The highest BCUT2D eigenvalue weighted by atomic mass is 16.5. The molecule has 30 heavy (non-hydrogen) atoms. The van der Waals surface area contributed by atoms with Gasteiger partial charge in [-0.15, -0.1) is 0 Å². The third kappa shape index (κ3) is 7.04. The number of carbonyl (C=O) groups excluding carboxylic acids is 1. The summed E-state index contributed by atoms with van der Waals surface area (Å²) in [6.45, 7) is 8.36. The maximum atomic E-state index is 11.4. The first kappa shape index (κ1) is 22.1. The van der Waals surface area contributed by atoms with Gasteiger partial charge >= 0.3 is 0 Å². The predicted octanol–water partition coefficient (Wildman–Crippen LogP) is 2.57. The van der Waals surface area contributed by atoms with E-state index in [1.807, 2.05) is 29.2 Å². The van der Waals surface area contributed by atoms with Crippen LogP contribution in [0.25, 0.3) is 0 Å². The van der Waals surface area contributed by atoms with E-state index < -0.39 is 0 Å². The molecule has 1 N–H and O–H groups in total. The largest absolute Gasteiger partial charge is 0.497 e. The number of hydrogen-bond donors (Lipinski definition) is 1. The normalized spacial score (nSPS) is 14.5. The molecule has 1 saturated heterocycles. The molecule has 6 nitrogen and oxygen atoms in total. The summed E-state index contributed by atoms with van der Waals surface area (Å²) in [7, 11) is 1.70. The maximum absolute atomic E-state index is 11.4. The number of methoxy groups -OCH3 is 1. The molecule has 2 aromatic rings. The molecule has 0 spiro atoms. The molecular formula is C24H33N3O3. The Labute approximate surface area is 179 Å². The summed E-state index contributed by atoms with van der Waals surface area (Å²) in [6, 6.07) is 16.5. The smallest absolute Gasteiger partial charge is 0.219 e. The van der Waals surface area contributed by atoms with Crippen LogP contribution in [-0.4, -0.2) is 68.7 Å². The zero-order valence-electron chi connectivity index (χ0n) is 18.1. The first-order valence-corrected chi connectivity index (χ1v) is 10.7. The zero-order valence-corrected chi connectivity index (χ0v) is 18.1. The van der Waals surface area contributed by atoms with Crippen molar-refractivity contribution in [2.24, 2.45) is 0 Å². The molecule has 3 rings (SSSR count). The van der Waals surface area contributed by atoms with Gasteiger partial charge in [0.05, 0.1) is 7.11 Å². The van der Waals surface area contributed by atoms with Crippen LogP contribution in [0.3, 0.4) is 0 Å². The molecule has 0 saturated carbocycles. The lowest BCUT2D eigenvalue weighted by molar-refractivity contribution is -0.130. The first-order valence-electron chi connectivity index (χ1n) is 10.7. The van der Waals surface area contributed by atoms with Gasteiger partial charge in [0.25, 0.3) is 0 Å². The van der Waals surface area contributed by atoms with Gasteiger partial charge < -0.3 is 19.7 Å². The fourth-order valence-electron chi connectivity index (χ4n) is 3.62. The van der Waals surface area contributed by atoms with Crippen molar-refractivity contribution in [3.05, 3.63) is 59.7 Å². The van der Waals surface area contributed by atoms with Gasteiger partial charge in [0, 0.05) is 46.2 Å². The van der Waals surface area contributed by atoms with Crippen molar-refractivity contribution < 1.29 is 14.3 Å².